The van der Waals surface area contributed by atoms with Crippen molar-refractivity contribution >= 4 is 0 Å². The van der Waals surface area contributed by atoms with Gasteiger partial charge in [-0.3, -0.25) is 0 Å². The van der Waals surface area contributed by atoms with Crippen LogP contribution in [0.5, 0.6) is 0 Å². The summed E-state index contributed by atoms with van der Waals surface area (Å²) in [6.07, 6.45) is 2.78. The molecule has 0 heterocycles. The highest BCUT2D eigenvalue weighted by molar-refractivity contribution is 5.12. The van der Waals surface area contributed by atoms with E-state index in [-0.39, 0.29) is 0 Å². The van der Waals surface area contributed by atoms with Crippen LogP contribution in [0.4, 0.5) is 0 Å². The van der Waals surface area contributed by atoms with Crippen LogP contribution in [-0.4, -0.2) is 25.7 Å². The Hall–Kier alpha value is -0.0800. The Kier molecular flexibility index (Phi) is 2.85. The summed E-state index contributed by atoms with van der Waals surface area (Å²) < 4.78 is 0. The fourth-order valence-electron chi connectivity index (χ4n) is 2.74. The Labute approximate surface area is 94.2 Å². The molecule has 2 nitrogen and oxygen atoms in total. The molecule has 0 unspecified atom stereocenters. The summed E-state index contributed by atoms with van der Waals surface area (Å²) in [5, 5.41) is 7.11. The molecule has 0 spiro atoms. The maximum atomic E-state index is 3.58. The van der Waals surface area contributed by atoms with Crippen LogP contribution in [-0.2, 0) is 0 Å². The van der Waals surface area contributed by atoms with E-state index in [4.69, 9.17) is 0 Å². The lowest BCUT2D eigenvalue weighted by atomic mass is 10.0. The average molecular weight is 210 g/mol. The molecule has 0 amide bonds. The molecule has 0 saturated heterocycles. The van der Waals surface area contributed by atoms with Crippen LogP contribution < -0.4 is 10.6 Å². The van der Waals surface area contributed by atoms with Gasteiger partial charge in [0.05, 0.1) is 0 Å². The van der Waals surface area contributed by atoms with Crippen LogP contribution in [0.25, 0.3) is 0 Å². The zero-order valence-corrected chi connectivity index (χ0v) is 10.7. The first kappa shape index (κ1) is 11.4. The van der Waals surface area contributed by atoms with Crippen molar-refractivity contribution in [3.63, 3.8) is 0 Å². The molecule has 2 heteroatoms. The van der Waals surface area contributed by atoms with Gasteiger partial charge in [-0.25, -0.2) is 0 Å². The lowest BCUT2D eigenvalue weighted by Gasteiger charge is -2.06. The molecule has 0 atom stereocenters. The fourth-order valence-corrected chi connectivity index (χ4v) is 2.74. The molecular weight excluding hydrogens is 184 g/mol. The number of rotatable bonds is 6. The maximum Gasteiger partial charge on any atom is 0.00793 e. The maximum absolute atomic E-state index is 3.58. The summed E-state index contributed by atoms with van der Waals surface area (Å²) >= 11 is 0. The Morgan fingerprint density at radius 1 is 1.00 bits per heavy atom. The van der Waals surface area contributed by atoms with Crippen molar-refractivity contribution in [1.82, 2.24) is 10.6 Å². The van der Waals surface area contributed by atoms with Crippen molar-refractivity contribution in [2.45, 2.75) is 46.6 Å². The van der Waals surface area contributed by atoms with E-state index in [2.05, 4.69) is 38.3 Å². The van der Waals surface area contributed by atoms with Crippen molar-refractivity contribution in [3.8, 4) is 0 Å². The summed E-state index contributed by atoms with van der Waals surface area (Å²) in [6, 6.07) is 0.848. The Balaban J connectivity index is 1.55. The smallest absolute Gasteiger partial charge is 0.00793 e. The summed E-state index contributed by atoms with van der Waals surface area (Å²) in [5.74, 6) is 0.853. The van der Waals surface area contributed by atoms with E-state index in [1.807, 2.05) is 0 Å². The van der Waals surface area contributed by atoms with Gasteiger partial charge < -0.3 is 10.6 Å². The number of hydrogen-bond donors (Lipinski definition) is 2. The Morgan fingerprint density at radius 3 is 2.07 bits per heavy atom. The third-order valence-electron chi connectivity index (χ3n) is 4.98. The predicted molar refractivity (Wildman–Crippen MR) is 64.9 cm³/mol. The third-order valence-corrected chi connectivity index (χ3v) is 4.98. The van der Waals surface area contributed by atoms with Crippen LogP contribution in [0.2, 0.25) is 0 Å². The van der Waals surface area contributed by atoms with Gasteiger partial charge in [0.15, 0.2) is 0 Å². The lowest BCUT2D eigenvalue weighted by molar-refractivity contribution is 0.457. The lowest BCUT2D eigenvalue weighted by Crippen LogP contribution is -2.30. The third kappa shape index (κ3) is 2.21. The molecule has 0 aliphatic heterocycles. The molecule has 0 aromatic rings. The molecule has 88 valence electrons. The minimum Gasteiger partial charge on any atom is -0.315 e. The van der Waals surface area contributed by atoms with E-state index in [1.165, 1.54) is 19.4 Å². The Morgan fingerprint density at radius 2 is 1.60 bits per heavy atom. The summed E-state index contributed by atoms with van der Waals surface area (Å²) in [6.45, 7) is 13.0. The molecule has 2 rings (SSSR count). The van der Waals surface area contributed by atoms with Gasteiger partial charge in [0.2, 0.25) is 0 Å². The largest absolute Gasteiger partial charge is 0.315 e. The molecule has 0 radical (unpaired) electrons. The van der Waals surface area contributed by atoms with E-state index in [0.717, 1.165) is 25.0 Å². The highest BCUT2D eigenvalue weighted by Crippen LogP contribution is 2.67. The zero-order chi connectivity index (χ0) is 11.1. The van der Waals surface area contributed by atoms with E-state index >= 15 is 0 Å². The second-order valence-electron chi connectivity index (χ2n) is 6.43. The van der Waals surface area contributed by atoms with Crippen LogP contribution in [0.15, 0.2) is 0 Å². The number of nitrogens with one attached hydrogen (secondary N) is 2. The van der Waals surface area contributed by atoms with Crippen molar-refractivity contribution in [3.05, 3.63) is 0 Å². The van der Waals surface area contributed by atoms with Gasteiger partial charge in [0.25, 0.3) is 0 Å². The molecular formula is C13H26N2. The van der Waals surface area contributed by atoms with Gasteiger partial charge in [-0.1, -0.05) is 27.7 Å². The molecule has 0 bridgehead atoms. The average Bonchev–Trinajstić information content (AvgIpc) is 2.99. The van der Waals surface area contributed by atoms with E-state index < -0.39 is 0 Å². The first-order valence-electron chi connectivity index (χ1n) is 6.40. The zero-order valence-electron chi connectivity index (χ0n) is 10.7. The minimum absolute atomic E-state index is 0.532. The second-order valence-corrected chi connectivity index (χ2v) is 6.43. The van der Waals surface area contributed by atoms with Gasteiger partial charge in [0, 0.05) is 19.1 Å². The molecule has 2 N–H and O–H groups in total. The number of hydrogen-bond acceptors (Lipinski definition) is 2. The van der Waals surface area contributed by atoms with Crippen molar-refractivity contribution < 1.29 is 0 Å². The molecule has 2 aliphatic carbocycles. The quantitative estimate of drug-likeness (QED) is 0.655. The van der Waals surface area contributed by atoms with E-state index in [1.54, 1.807) is 0 Å². The van der Waals surface area contributed by atoms with Crippen molar-refractivity contribution in [2.75, 3.05) is 19.6 Å². The highest BCUT2D eigenvalue weighted by Gasteiger charge is 2.63. The van der Waals surface area contributed by atoms with Crippen molar-refractivity contribution in [2.24, 2.45) is 16.7 Å². The van der Waals surface area contributed by atoms with Crippen LogP contribution >= 0.6 is 0 Å². The predicted octanol–water partition coefficient (Wildman–Crippen LogP) is 2.01. The standard InChI is InChI=1S/C13H26N2/c1-12(2)11(13(12,3)4)9-14-7-8-15-10-5-6-10/h10-11,14-15H,5-9H2,1-4H3. The van der Waals surface area contributed by atoms with Crippen LogP contribution in [0, 0.1) is 16.7 Å². The van der Waals surface area contributed by atoms with Gasteiger partial charge in [-0.2, -0.15) is 0 Å². The van der Waals surface area contributed by atoms with Gasteiger partial charge in [-0.05, 0) is 36.1 Å². The molecule has 2 saturated carbocycles. The molecule has 2 aliphatic rings. The Bertz CT molecular complexity index is 215. The SMILES string of the molecule is CC1(C)C(CNCCNC2CC2)C1(C)C. The van der Waals surface area contributed by atoms with Gasteiger partial charge >= 0.3 is 0 Å². The van der Waals surface area contributed by atoms with Gasteiger partial charge in [-0.15, -0.1) is 0 Å². The highest BCUT2D eigenvalue weighted by atomic mass is 15.0. The molecule has 2 fully saturated rings. The summed E-state index contributed by atoms with van der Waals surface area (Å²) in [4.78, 5) is 0. The summed E-state index contributed by atoms with van der Waals surface area (Å²) in [5.41, 5.74) is 1.06. The topological polar surface area (TPSA) is 24.1 Å². The molecule has 0 aromatic heterocycles. The molecule has 15 heavy (non-hydrogen) atoms. The van der Waals surface area contributed by atoms with E-state index in [0.29, 0.717) is 10.8 Å². The summed E-state index contributed by atoms with van der Waals surface area (Å²) in [7, 11) is 0. The van der Waals surface area contributed by atoms with Crippen LogP contribution in [0.1, 0.15) is 40.5 Å². The first-order valence-corrected chi connectivity index (χ1v) is 6.40. The van der Waals surface area contributed by atoms with Gasteiger partial charge in [0.1, 0.15) is 0 Å². The van der Waals surface area contributed by atoms with E-state index in [9.17, 15) is 0 Å². The monoisotopic (exact) mass is 210 g/mol. The first-order chi connectivity index (χ1) is 6.96. The minimum atomic E-state index is 0.532. The fraction of sp³-hybridized carbons (Fsp3) is 1.00. The molecule has 0 aromatic carbocycles. The van der Waals surface area contributed by atoms with Crippen LogP contribution in [0.3, 0.4) is 0 Å². The second kappa shape index (κ2) is 3.74. The van der Waals surface area contributed by atoms with Crippen molar-refractivity contribution in [1.29, 1.82) is 0 Å². The normalized spacial score (nSPS) is 28.0.